The van der Waals surface area contributed by atoms with Gasteiger partial charge in [0.2, 0.25) is 0 Å². The van der Waals surface area contributed by atoms with Gasteiger partial charge in [-0.15, -0.1) is 0 Å². The van der Waals surface area contributed by atoms with E-state index in [2.05, 4.69) is 18.7 Å². The second-order valence-corrected chi connectivity index (χ2v) is 5.01. The van der Waals surface area contributed by atoms with Crippen LogP contribution in [0.5, 0.6) is 0 Å². The lowest BCUT2D eigenvalue weighted by atomic mass is 9.68. The summed E-state index contributed by atoms with van der Waals surface area (Å²) in [5, 5.41) is 8.66. The van der Waals surface area contributed by atoms with Crippen LogP contribution in [0.1, 0.15) is 58.8 Å². The normalized spacial score (nSPS) is 23.4. The minimum Gasteiger partial charge on any atom is -0.252 e. The second kappa shape index (κ2) is 5.72. The largest absolute Gasteiger partial charge is 0.252 e. The van der Waals surface area contributed by atoms with Gasteiger partial charge in [0, 0.05) is 0 Å². The molecule has 1 aliphatic carbocycles. The quantitative estimate of drug-likeness (QED) is 0.539. The molecule has 0 radical (unpaired) electrons. The monoisotopic (exact) mass is 200 g/mol. The third-order valence-electron chi connectivity index (χ3n) is 3.81. The van der Waals surface area contributed by atoms with Crippen molar-refractivity contribution in [3.8, 4) is 0 Å². The zero-order valence-corrected chi connectivity index (χ0v) is 9.59. The summed E-state index contributed by atoms with van der Waals surface area (Å²) < 4.78 is 0. The Balaban J connectivity index is 2.54. The van der Waals surface area contributed by atoms with Crippen molar-refractivity contribution in [1.29, 1.82) is 0 Å². The molecular formula is C12H24O2. The fourth-order valence-electron chi connectivity index (χ4n) is 2.91. The van der Waals surface area contributed by atoms with Crippen molar-refractivity contribution in [2.75, 3.05) is 6.61 Å². The molecule has 0 amide bonds. The minimum atomic E-state index is 0.198. The van der Waals surface area contributed by atoms with E-state index in [1.54, 1.807) is 0 Å². The number of hydrogen-bond acceptors (Lipinski definition) is 2. The molecule has 2 nitrogen and oxygen atoms in total. The third-order valence-corrected chi connectivity index (χ3v) is 3.81. The molecule has 0 aromatic heterocycles. The van der Waals surface area contributed by atoms with Gasteiger partial charge in [-0.25, -0.2) is 4.89 Å². The molecule has 1 rings (SSSR count). The molecule has 0 saturated heterocycles. The zero-order chi connectivity index (χ0) is 10.4. The van der Waals surface area contributed by atoms with Crippen LogP contribution in [0.15, 0.2) is 0 Å². The fourth-order valence-corrected chi connectivity index (χ4v) is 2.91. The van der Waals surface area contributed by atoms with Gasteiger partial charge < -0.3 is 0 Å². The average molecular weight is 200 g/mol. The van der Waals surface area contributed by atoms with Crippen LogP contribution in [-0.2, 0) is 4.89 Å². The van der Waals surface area contributed by atoms with E-state index in [0.29, 0.717) is 6.61 Å². The maximum Gasteiger partial charge on any atom is 0.0875 e. The standard InChI is InChI=1S/C12H24O2/c1-3-9-12(2,10-14-13)11-7-5-4-6-8-11/h11,13H,3-10H2,1-2H3. The van der Waals surface area contributed by atoms with Crippen LogP contribution in [0.4, 0.5) is 0 Å². The van der Waals surface area contributed by atoms with E-state index >= 15 is 0 Å². The Labute approximate surface area is 87.6 Å². The molecule has 1 fully saturated rings. The molecule has 1 atom stereocenters. The summed E-state index contributed by atoms with van der Waals surface area (Å²) in [5.41, 5.74) is 0.198. The first-order chi connectivity index (χ1) is 6.73. The molecule has 84 valence electrons. The molecule has 2 heteroatoms. The molecular weight excluding hydrogens is 176 g/mol. The Hall–Kier alpha value is -0.0800. The average Bonchev–Trinajstić information content (AvgIpc) is 2.20. The molecule has 0 aromatic rings. The van der Waals surface area contributed by atoms with Gasteiger partial charge in [-0.2, -0.15) is 0 Å². The van der Waals surface area contributed by atoms with E-state index in [1.807, 2.05) is 0 Å². The Bertz CT molecular complexity index is 144. The van der Waals surface area contributed by atoms with Gasteiger partial charge in [-0.05, 0) is 30.6 Å². The Kier molecular flexibility index (Phi) is 4.90. The Morgan fingerprint density at radius 2 is 1.93 bits per heavy atom. The molecule has 0 aliphatic heterocycles. The SMILES string of the molecule is CCCC(C)(COO)C1CCCCC1. The first-order valence-corrected chi connectivity index (χ1v) is 5.99. The molecule has 1 N–H and O–H groups in total. The van der Waals surface area contributed by atoms with Crippen LogP contribution < -0.4 is 0 Å². The first-order valence-electron chi connectivity index (χ1n) is 5.99. The highest BCUT2D eigenvalue weighted by molar-refractivity contribution is 4.84. The maximum absolute atomic E-state index is 8.66. The van der Waals surface area contributed by atoms with Crippen LogP contribution in [-0.4, -0.2) is 11.9 Å². The second-order valence-electron chi connectivity index (χ2n) is 5.01. The van der Waals surface area contributed by atoms with Gasteiger partial charge in [0.15, 0.2) is 0 Å². The lowest BCUT2D eigenvalue weighted by Crippen LogP contribution is -2.33. The summed E-state index contributed by atoms with van der Waals surface area (Å²) in [6.45, 7) is 4.98. The van der Waals surface area contributed by atoms with Gasteiger partial charge in [-0.3, -0.25) is 5.26 Å². The summed E-state index contributed by atoms with van der Waals surface area (Å²) in [6.07, 6.45) is 9.08. The van der Waals surface area contributed by atoms with Gasteiger partial charge in [-0.1, -0.05) is 39.5 Å². The molecule has 1 aliphatic rings. The zero-order valence-electron chi connectivity index (χ0n) is 9.59. The van der Waals surface area contributed by atoms with Crippen molar-refractivity contribution >= 4 is 0 Å². The van der Waals surface area contributed by atoms with Crippen LogP contribution in [0.2, 0.25) is 0 Å². The highest BCUT2D eigenvalue weighted by Crippen LogP contribution is 2.41. The first kappa shape index (κ1) is 12.0. The highest BCUT2D eigenvalue weighted by Gasteiger charge is 2.34. The van der Waals surface area contributed by atoms with E-state index in [9.17, 15) is 0 Å². The van der Waals surface area contributed by atoms with Crippen molar-refractivity contribution in [2.45, 2.75) is 58.8 Å². The van der Waals surface area contributed by atoms with Crippen molar-refractivity contribution in [2.24, 2.45) is 11.3 Å². The smallest absolute Gasteiger partial charge is 0.0875 e. The summed E-state index contributed by atoms with van der Waals surface area (Å²) in [4.78, 5) is 4.41. The fraction of sp³-hybridized carbons (Fsp3) is 1.00. The molecule has 0 spiro atoms. The molecule has 0 aromatic carbocycles. The van der Waals surface area contributed by atoms with Gasteiger partial charge >= 0.3 is 0 Å². The van der Waals surface area contributed by atoms with E-state index in [-0.39, 0.29) is 5.41 Å². The summed E-state index contributed by atoms with van der Waals surface area (Å²) in [6, 6.07) is 0. The van der Waals surface area contributed by atoms with Crippen LogP contribution >= 0.6 is 0 Å². The van der Waals surface area contributed by atoms with E-state index in [4.69, 9.17) is 5.26 Å². The molecule has 1 unspecified atom stereocenters. The number of rotatable bonds is 5. The third kappa shape index (κ3) is 2.96. The van der Waals surface area contributed by atoms with Crippen molar-refractivity contribution < 1.29 is 10.1 Å². The van der Waals surface area contributed by atoms with Gasteiger partial charge in [0.05, 0.1) is 6.61 Å². The molecule has 0 heterocycles. The predicted octanol–water partition coefficient (Wildman–Crippen LogP) is 3.86. The maximum atomic E-state index is 8.66. The number of hydrogen-bond donors (Lipinski definition) is 1. The Morgan fingerprint density at radius 3 is 2.43 bits per heavy atom. The lowest BCUT2D eigenvalue weighted by Gasteiger charge is -2.39. The summed E-state index contributed by atoms with van der Waals surface area (Å²) in [5.74, 6) is 0.753. The van der Waals surface area contributed by atoms with Crippen LogP contribution in [0.3, 0.4) is 0 Å². The predicted molar refractivity (Wildman–Crippen MR) is 58.2 cm³/mol. The topological polar surface area (TPSA) is 29.5 Å². The van der Waals surface area contributed by atoms with Crippen molar-refractivity contribution in [3.05, 3.63) is 0 Å². The van der Waals surface area contributed by atoms with E-state index in [1.165, 1.54) is 38.5 Å². The van der Waals surface area contributed by atoms with Gasteiger partial charge in [0.1, 0.15) is 0 Å². The summed E-state index contributed by atoms with van der Waals surface area (Å²) >= 11 is 0. The van der Waals surface area contributed by atoms with Crippen molar-refractivity contribution in [1.82, 2.24) is 0 Å². The molecule has 0 bridgehead atoms. The summed E-state index contributed by atoms with van der Waals surface area (Å²) in [7, 11) is 0. The highest BCUT2D eigenvalue weighted by atomic mass is 17.1. The van der Waals surface area contributed by atoms with Crippen LogP contribution in [0, 0.1) is 11.3 Å². The van der Waals surface area contributed by atoms with Crippen LogP contribution in [0.25, 0.3) is 0 Å². The minimum absolute atomic E-state index is 0.198. The molecule has 1 saturated carbocycles. The Morgan fingerprint density at radius 1 is 1.29 bits per heavy atom. The van der Waals surface area contributed by atoms with Crippen molar-refractivity contribution in [3.63, 3.8) is 0 Å². The van der Waals surface area contributed by atoms with E-state index in [0.717, 1.165) is 12.3 Å². The van der Waals surface area contributed by atoms with E-state index < -0.39 is 0 Å². The molecule has 14 heavy (non-hydrogen) atoms. The lowest BCUT2D eigenvalue weighted by molar-refractivity contribution is -0.267. The van der Waals surface area contributed by atoms with Gasteiger partial charge in [0.25, 0.3) is 0 Å².